The average Bonchev–Trinajstić information content (AvgIpc) is 2.60. The molecule has 2 rings (SSSR count). The fourth-order valence-electron chi connectivity index (χ4n) is 1.97. The smallest absolute Gasteiger partial charge is 0.303 e. The first-order valence-electron chi connectivity index (χ1n) is 6.02. The first-order chi connectivity index (χ1) is 8.25. The van der Waals surface area contributed by atoms with Gasteiger partial charge in [-0.1, -0.05) is 0 Å². The number of nitrogens with one attached hydrogen (secondary N) is 1. The summed E-state index contributed by atoms with van der Waals surface area (Å²) in [6.45, 7) is 3.93. The molecule has 1 saturated heterocycles. The van der Waals surface area contributed by atoms with E-state index < -0.39 is 5.97 Å². The monoisotopic (exact) mass is 238 g/mol. The highest BCUT2D eigenvalue weighted by Gasteiger charge is 2.13. The van der Waals surface area contributed by atoms with E-state index in [0.717, 1.165) is 44.2 Å². The third-order valence-electron chi connectivity index (χ3n) is 2.88. The second-order valence-electron chi connectivity index (χ2n) is 4.22. The lowest BCUT2D eigenvalue weighted by molar-refractivity contribution is -0.137. The Morgan fingerprint density at radius 3 is 3.12 bits per heavy atom. The Bertz CT molecular complexity index is 368. The molecule has 0 saturated carbocycles. The summed E-state index contributed by atoms with van der Waals surface area (Å²) in [4.78, 5) is 12.7. The summed E-state index contributed by atoms with van der Waals surface area (Å²) < 4.78 is 5.66. The third kappa shape index (κ3) is 3.49. The number of hydrogen-bond donors (Lipinski definition) is 2. The fourth-order valence-corrected chi connectivity index (χ4v) is 1.97. The van der Waals surface area contributed by atoms with Crippen LogP contribution in [0, 0.1) is 0 Å². The van der Waals surface area contributed by atoms with Gasteiger partial charge in [-0.25, -0.2) is 0 Å². The van der Waals surface area contributed by atoms with Gasteiger partial charge in [0, 0.05) is 32.1 Å². The van der Waals surface area contributed by atoms with Crippen molar-refractivity contribution >= 4 is 11.9 Å². The Hall–Kier alpha value is -1.49. The van der Waals surface area contributed by atoms with E-state index >= 15 is 0 Å². The minimum atomic E-state index is -0.790. The summed E-state index contributed by atoms with van der Waals surface area (Å²) in [5.74, 6) is 0.815. The third-order valence-corrected chi connectivity index (χ3v) is 2.88. The second-order valence-corrected chi connectivity index (χ2v) is 4.22. The van der Waals surface area contributed by atoms with Crippen molar-refractivity contribution in [1.82, 2.24) is 5.32 Å². The molecule has 0 atom stereocenters. The van der Waals surface area contributed by atoms with E-state index in [2.05, 4.69) is 10.2 Å². The van der Waals surface area contributed by atoms with Gasteiger partial charge in [-0.05, 0) is 19.0 Å². The zero-order valence-electron chi connectivity index (χ0n) is 9.82. The van der Waals surface area contributed by atoms with Crippen LogP contribution < -0.4 is 10.2 Å². The Morgan fingerprint density at radius 1 is 1.41 bits per heavy atom. The number of hydrogen-bond acceptors (Lipinski definition) is 4. The van der Waals surface area contributed by atoms with E-state index in [1.54, 1.807) is 0 Å². The summed E-state index contributed by atoms with van der Waals surface area (Å²) in [6.07, 6.45) is 1.68. The van der Waals surface area contributed by atoms with Crippen LogP contribution in [-0.2, 0) is 11.2 Å². The normalized spacial score (nSPS) is 16.8. The number of carboxylic acids is 1. The maximum atomic E-state index is 10.5. The maximum absolute atomic E-state index is 10.5. The van der Waals surface area contributed by atoms with Crippen LogP contribution in [0.4, 0.5) is 5.88 Å². The highest BCUT2D eigenvalue weighted by Crippen LogP contribution is 2.20. The number of anilines is 1. The van der Waals surface area contributed by atoms with Gasteiger partial charge in [0.2, 0.25) is 0 Å². The van der Waals surface area contributed by atoms with E-state index in [4.69, 9.17) is 9.52 Å². The molecular weight excluding hydrogens is 220 g/mol. The van der Waals surface area contributed by atoms with Crippen molar-refractivity contribution in [2.24, 2.45) is 0 Å². The van der Waals surface area contributed by atoms with E-state index in [0.29, 0.717) is 6.42 Å². The molecule has 2 heterocycles. The molecule has 0 amide bonds. The lowest BCUT2D eigenvalue weighted by Gasteiger charge is -2.18. The van der Waals surface area contributed by atoms with E-state index in [1.165, 1.54) is 0 Å². The molecule has 1 fully saturated rings. The lowest BCUT2D eigenvalue weighted by atomic mass is 10.2. The standard InChI is InChI=1S/C12H18N2O3/c15-12(16)5-3-10-2-4-11(17-10)14-8-1-6-13-7-9-14/h2,4,13H,1,3,5-9H2,(H,15,16). The summed E-state index contributed by atoms with van der Waals surface area (Å²) in [7, 11) is 0. The predicted octanol–water partition coefficient (Wildman–Crippen LogP) is 1.10. The average molecular weight is 238 g/mol. The molecule has 0 unspecified atom stereocenters. The molecule has 0 aliphatic carbocycles. The molecule has 2 N–H and O–H groups in total. The highest BCUT2D eigenvalue weighted by atomic mass is 16.4. The molecule has 0 bridgehead atoms. The molecule has 5 nitrogen and oxygen atoms in total. The largest absolute Gasteiger partial charge is 0.481 e. The molecule has 1 aliphatic heterocycles. The highest BCUT2D eigenvalue weighted by molar-refractivity contribution is 5.66. The summed E-state index contributed by atoms with van der Waals surface area (Å²) in [6, 6.07) is 3.80. The number of furan rings is 1. The van der Waals surface area contributed by atoms with Crippen LogP contribution >= 0.6 is 0 Å². The quantitative estimate of drug-likeness (QED) is 0.822. The molecule has 1 aromatic heterocycles. The second kappa shape index (κ2) is 5.72. The lowest BCUT2D eigenvalue weighted by Crippen LogP contribution is -2.27. The molecule has 5 heteroatoms. The molecule has 0 aromatic carbocycles. The minimum absolute atomic E-state index is 0.120. The van der Waals surface area contributed by atoms with E-state index in [-0.39, 0.29) is 6.42 Å². The van der Waals surface area contributed by atoms with Gasteiger partial charge in [-0.15, -0.1) is 0 Å². The van der Waals surface area contributed by atoms with Crippen molar-refractivity contribution < 1.29 is 14.3 Å². The van der Waals surface area contributed by atoms with Crippen LogP contribution in [0.2, 0.25) is 0 Å². The van der Waals surface area contributed by atoms with Gasteiger partial charge < -0.3 is 19.7 Å². The van der Waals surface area contributed by atoms with Crippen molar-refractivity contribution in [3.8, 4) is 0 Å². The molecule has 17 heavy (non-hydrogen) atoms. The zero-order chi connectivity index (χ0) is 12.1. The van der Waals surface area contributed by atoms with Crippen molar-refractivity contribution in [2.75, 3.05) is 31.1 Å². The van der Waals surface area contributed by atoms with Gasteiger partial charge in [0.05, 0.1) is 6.42 Å². The topological polar surface area (TPSA) is 65.7 Å². The van der Waals surface area contributed by atoms with E-state index in [9.17, 15) is 4.79 Å². The molecule has 1 aliphatic rings. The van der Waals surface area contributed by atoms with Crippen LogP contribution in [0.5, 0.6) is 0 Å². The van der Waals surface area contributed by atoms with Gasteiger partial charge in [0.1, 0.15) is 5.76 Å². The number of carboxylic acid groups (broad SMARTS) is 1. The SMILES string of the molecule is O=C(O)CCc1ccc(N2CCCNCC2)o1. The van der Waals surface area contributed by atoms with Gasteiger partial charge in [0.15, 0.2) is 5.88 Å². The van der Waals surface area contributed by atoms with E-state index in [1.807, 2.05) is 12.1 Å². The van der Waals surface area contributed by atoms with Gasteiger partial charge >= 0.3 is 5.97 Å². The number of aryl methyl sites for hydroxylation is 1. The number of aliphatic carboxylic acids is 1. The van der Waals surface area contributed by atoms with Crippen molar-refractivity contribution in [1.29, 1.82) is 0 Å². The first kappa shape index (κ1) is 12.0. The number of rotatable bonds is 4. The molecule has 0 radical (unpaired) electrons. The predicted molar refractivity (Wildman–Crippen MR) is 64.4 cm³/mol. The minimum Gasteiger partial charge on any atom is -0.481 e. The van der Waals surface area contributed by atoms with Crippen molar-refractivity contribution in [2.45, 2.75) is 19.3 Å². The van der Waals surface area contributed by atoms with Gasteiger partial charge in [0.25, 0.3) is 0 Å². The Balaban J connectivity index is 1.94. The zero-order valence-corrected chi connectivity index (χ0v) is 9.82. The maximum Gasteiger partial charge on any atom is 0.303 e. The Kier molecular flexibility index (Phi) is 4.03. The molecular formula is C12H18N2O3. The summed E-state index contributed by atoms with van der Waals surface area (Å²) in [5, 5.41) is 11.9. The van der Waals surface area contributed by atoms with Gasteiger partial charge in [-0.3, -0.25) is 4.79 Å². The van der Waals surface area contributed by atoms with Crippen LogP contribution in [0.3, 0.4) is 0 Å². The van der Waals surface area contributed by atoms with Crippen LogP contribution in [0.15, 0.2) is 16.5 Å². The van der Waals surface area contributed by atoms with Crippen molar-refractivity contribution in [3.63, 3.8) is 0 Å². The Labute approximate surface area is 100 Å². The van der Waals surface area contributed by atoms with Crippen molar-refractivity contribution in [3.05, 3.63) is 17.9 Å². The molecule has 94 valence electrons. The molecule has 1 aromatic rings. The van der Waals surface area contributed by atoms with Crippen LogP contribution in [-0.4, -0.2) is 37.3 Å². The van der Waals surface area contributed by atoms with Crippen LogP contribution in [0.1, 0.15) is 18.6 Å². The number of nitrogens with zero attached hydrogens (tertiary/aromatic N) is 1. The first-order valence-corrected chi connectivity index (χ1v) is 6.02. The summed E-state index contributed by atoms with van der Waals surface area (Å²) in [5.41, 5.74) is 0. The summed E-state index contributed by atoms with van der Waals surface area (Å²) >= 11 is 0. The number of carbonyl (C=O) groups is 1. The van der Waals surface area contributed by atoms with Gasteiger partial charge in [-0.2, -0.15) is 0 Å². The molecule has 0 spiro atoms. The van der Waals surface area contributed by atoms with Crippen LogP contribution in [0.25, 0.3) is 0 Å². The Morgan fingerprint density at radius 2 is 2.29 bits per heavy atom. The fraction of sp³-hybridized carbons (Fsp3) is 0.583.